The average molecular weight is 326 g/mol. The Labute approximate surface area is 140 Å². The van der Waals surface area contributed by atoms with Gasteiger partial charge in [0.25, 0.3) is 5.91 Å². The Balaban J connectivity index is 1.92. The Morgan fingerprint density at radius 2 is 1.96 bits per heavy atom. The number of aromatic nitrogens is 1. The van der Waals surface area contributed by atoms with Gasteiger partial charge in [-0.3, -0.25) is 4.79 Å². The number of carbonyl (C=O) groups is 1. The molecule has 3 rings (SSSR count). The van der Waals surface area contributed by atoms with Gasteiger partial charge in [-0.25, -0.2) is 4.39 Å². The summed E-state index contributed by atoms with van der Waals surface area (Å²) in [6.07, 6.45) is 0. The molecule has 0 fully saturated rings. The molecule has 24 heavy (non-hydrogen) atoms. The molecule has 0 bridgehead atoms. The minimum Gasteiger partial charge on any atom is -0.496 e. The number of hydrogen-bond acceptors (Lipinski definition) is 2. The highest BCUT2D eigenvalue weighted by Gasteiger charge is 2.19. The Hall–Kier alpha value is -2.82. The van der Waals surface area contributed by atoms with Crippen molar-refractivity contribution >= 4 is 16.8 Å². The number of halogens is 1. The topological polar surface area (TPSA) is 34.5 Å². The van der Waals surface area contributed by atoms with E-state index in [2.05, 4.69) is 0 Å². The van der Waals surface area contributed by atoms with E-state index in [1.807, 2.05) is 35.9 Å². The molecule has 0 aliphatic carbocycles. The van der Waals surface area contributed by atoms with Crippen LogP contribution in [0.1, 0.15) is 16.1 Å². The minimum absolute atomic E-state index is 0.125. The summed E-state index contributed by atoms with van der Waals surface area (Å²) in [5.74, 6) is 0.303. The summed E-state index contributed by atoms with van der Waals surface area (Å²) in [6.45, 7) is 0.343. The van der Waals surface area contributed by atoms with Gasteiger partial charge in [-0.1, -0.05) is 18.2 Å². The van der Waals surface area contributed by atoms with Gasteiger partial charge in [0, 0.05) is 26.0 Å². The van der Waals surface area contributed by atoms with Crippen LogP contribution < -0.4 is 4.74 Å². The second-order valence-electron chi connectivity index (χ2n) is 5.77. The molecule has 0 aliphatic rings. The first-order valence-corrected chi connectivity index (χ1v) is 7.63. The van der Waals surface area contributed by atoms with Gasteiger partial charge in [0.05, 0.1) is 12.6 Å². The largest absolute Gasteiger partial charge is 0.496 e. The van der Waals surface area contributed by atoms with E-state index in [0.29, 0.717) is 12.2 Å². The predicted octanol–water partition coefficient (Wildman–Crippen LogP) is 3.60. The highest BCUT2D eigenvalue weighted by molar-refractivity contribution is 6.00. The van der Waals surface area contributed by atoms with Crippen LogP contribution in [0.25, 0.3) is 10.9 Å². The van der Waals surface area contributed by atoms with Crippen LogP contribution >= 0.6 is 0 Å². The molecule has 0 aliphatic heterocycles. The molecule has 5 heteroatoms. The van der Waals surface area contributed by atoms with Crippen molar-refractivity contribution in [1.29, 1.82) is 0 Å². The van der Waals surface area contributed by atoms with E-state index in [-0.39, 0.29) is 11.7 Å². The molecule has 0 unspecified atom stereocenters. The summed E-state index contributed by atoms with van der Waals surface area (Å²) < 4.78 is 20.5. The zero-order valence-electron chi connectivity index (χ0n) is 13.9. The predicted molar refractivity (Wildman–Crippen MR) is 91.7 cm³/mol. The van der Waals surface area contributed by atoms with E-state index in [0.717, 1.165) is 22.2 Å². The molecule has 0 saturated carbocycles. The lowest BCUT2D eigenvalue weighted by Crippen LogP contribution is -2.27. The lowest BCUT2D eigenvalue weighted by atomic mass is 10.2. The van der Waals surface area contributed by atoms with Crippen molar-refractivity contribution in [1.82, 2.24) is 9.47 Å². The van der Waals surface area contributed by atoms with Crippen molar-refractivity contribution in [2.45, 2.75) is 6.54 Å². The smallest absolute Gasteiger partial charge is 0.270 e. The summed E-state index contributed by atoms with van der Waals surface area (Å²) in [4.78, 5) is 14.4. The van der Waals surface area contributed by atoms with Crippen molar-refractivity contribution in [3.05, 3.63) is 65.6 Å². The van der Waals surface area contributed by atoms with Gasteiger partial charge in [0.1, 0.15) is 17.3 Å². The summed E-state index contributed by atoms with van der Waals surface area (Å²) in [5.41, 5.74) is 2.24. The molecule has 4 nitrogen and oxygen atoms in total. The third-order valence-electron chi connectivity index (χ3n) is 4.14. The number of nitrogens with zero attached hydrogens (tertiary/aromatic N) is 2. The second-order valence-corrected chi connectivity index (χ2v) is 5.77. The Morgan fingerprint density at radius 1 is 1.21 bits per heavy atom. The fraction of sp³-hybridized carbons (Fsp3) is 0.211. The number of ether oxygens (including phenoxy) is 1. The number of rotatable bonds is 4. The van der Waals surface area contributed by atoms with Crippen molar-refractivity contribution in [2.75, 3.05) is 14.2 Å². The van der Waals surface area contributed by atoms with Gasteiger partial charge in [0.2, 0.25) is 0 Å². The summed E-state index contributed by atoms with van der Waals surface area (Å²) in [7, 11) is 5.17. The van der Waals surface area contributed by atoms with E-state index in [9.17, 15) is 9.18 Å². The fourth-order valence-electron chi connectivity index (χ4n) is 2.89. The number of hydrogen-bond donors (Lipinski definition) is 0. The molecule has 3 aromatic rings. The minimum atomic E-state index is -0.303. The number of amides is 1. The zero-order chi connectivity index (χ0) is 17.3. The van der Waals surface area contributed by atoms with E-state index >= 15 is 0 Å². The maximum Gasteiger partial charge on any atom is 0.270 e. The molecule has 124 valence electrons. The van der Waals surface area contributed by atoms with Gasteiger partial charge >= 0.3 is 0 Å². The first kappa shape index (κ1) is 16.1. The Morgan fingerprint density at radius 3 is 2.67 bits per heavy atom. The van der Waals surface area contributed by atoms with Crippen LogP contribution in [0.2, 0.25) is 0 Å². The summed E-state index contributed by atoms with van der Waals surface area (Å²) in [5, 5.41) is 0.894. The highest BCUT2D eigenvalue weighted by atomic mass is 19.1. The molecule has 1 aromatic heterocycles. The number of fused-ring (bicyclic) bond motifs is 1. The average Bonchev–Trinajstić information content (AvgIpc) is 2.91. The maximum absolute atomic E-state index is 13.3. The fourth-order valence-corrected chi connectivity index (χ4v) is 2.89. The maximum atomic E-state index is 13.3. The summed E-state index contributed by atoms with van der Waals surface area (Å²) >= 11 is 0. The van der Waals surface area contributed by atoms with Crippen LogP contribution in [-0.2, 0) is 13.6 Å². The molecule has 0 N–H and O–H groups in total. The first-order chi connectivity index (χ1) is 11.5. The molecule has 0 atom stereocenters. The third kappa shape index (κ3) is 2.85. The van der Waals surface area contributed by atoms with Gasteiger partial charge < -0.3 is 14.2 Å². The molecule has 1 heterocycles. The van der Waals surface area contributed by atoms with Crippen molar-refractivity contribution in [2.24, 2.45) is 7.05 Å². The van der Waals surface area contributed by atoms with E-state index in [1.54, 1.807) is 31.2 Å². The number of benzene rings is 2. The molecule has 0 spiro atoms. The van der Waals surface area contributed by atoms with E-state index in [4.69, 9.17) is 4.74 Å². The normalized spacial score (nSPS) is 10.8. The lowest BCUT2D eigenvalue weighted by Gasteiger charge is -2.17. The molecule has 0 saturated heterocycles. The van der Waals surface area contributed by atoms with Crippen molar-refractivity contribution in [3.8, 4) is 5.75 Å². The van der Waals surface area contributed by atoms with E-state index < -0.39 is 0 Å². The molecule has 2 aromatic carbocycles. The first-order valence-electron chi connectivity index (χ1n) is 7.63. The Kier molecular flexibility index (Phi) is 4.25. The van der Waals surface area contributed by atoms with Crippen LogP contribution in [-0.4, -0.2) is 29.5 Å². The quantitative estimate of drug-likeness (QED) is 0.734. The molecule has 1 amide bonds. The van der Waals surface area contributed by atoms with Crippen LogP contribution in [0.15, 0.2) is 48.5 Å². The second kappa shape index (κ2) is 6.35. The summed E-state index contributed by atoms with van der Waals surface area (Å²) in [6, 6.07) is 13.8. The van der Waals surface area contributed by atoms with Crippen LogP contribution in [0, 0.1) is 5.82 Å². The zero-order valence-corrected chi connectivity index (χ0v) is 13.9. The van der Waals surface area contributed by atoms with Gasteiger partial charge in [-0.15, -0.1) is 0 Å². The van der Waals surface area contributed by atoms with Gasteiger partial charge in [-0.2, -0.15) is 0 Å². The molecular weight excluding hydrogens is 307 g/mol. The number of aryl methyl sites for hydroxylation is 1. The number of carbonyl (C=O) groups excluding carboxylic acids is 1. The SMILES string of the molecule is COc1cccc2c1cc(C(=O)N(C)Cc1cccc(F)c1)n2C. The van der Waals surface area contributed by atoms with Gasteiger partial charge in [-0.05, 0) is 35.9 Å². The van der Waals surface area contributed by atoms with E-state index in [1.165, 1.54) is 12.1 Å². The van der Waals surface area contributed by atoms with Crippen molar-refractivity contribution < 1.29 is 13.9 Å². The molecular formula is C19H19FN2O2. The third-order valence-corrected chi connectivity index (χ3v) is 4.14. The highest BCUT2D eigenvalue weighted by Crippen LogP contribution is 2.28. The van der Waals surface area contributed by atoms with Crippen LogP contribution in [0.3, 0.4) is 0 Å². The van der Waals surface area contributed by atoms with Crippen molar-refractivity contribution in [3.63, 3.8) is 0 Å². The Bertz CT molecular complexity index is 902. The number of methoxy groups -OCH3 is 1. The standard InChI is InChI=1S/C19H19FN2O2/c1-21(12-13-6-4-7-14(20)10-13)19(23)17-11-15-16(22(17)2)8-5-9-18(15)24-3/h4-11H,12H2,1-3H3. The lowest BCUT2D eigenvalue weighted by molar-refractivity contribution is 0.0776. The monoisotopic (exact) mass is 326 g/mol. The van der Waals surface area contributed by atoms with Crippen LogP contribution in [0.5, 0.6) is 5.75 Å². The van der Waals surface area contributed by atoms with Crippen LogP contribution in [0.4, 0.5) is 4.39 Å². The van der Waals surface area contributed by atoms with Gasteiger partial charge in [0.15, 0.2) is 0 Å². The molecule has 0 radical (unpaired) electrons.